The van der Waals surface area contributed by atoms with Gasteiger partial charge in [0.15, 0.2) is 0 Å². The van der Waals surface area contributed by atoms with Gasteiger partial charge in [-0.2, -0.15) is 0 Å². The minimum atomic E-state index is -0.699. The van der Waals surface area contributed by atoms with E-state index in [2.05, 4.69) is 13.0 Å². The lowest BCUT2D eigenvalue weighted by atomic mass is 9.88. The van der Waals surface area contributed by atoms with Gasteiger partial charge in [-0.3, -0.25) is 4.79 Å². The molecule has 0 aliphatic carbocycles. The van der Waals surface area contributed by atoms with Crippen molar-refractivity contribution in [3.8, 4) is 0 Å². The zero-order valence-corrected chi connectivity index (χ0v) is 14.3. The number of para-hydroxylation sites is 1. The predicted molar refractivity (Wildman–Crippen MR) is 96.7 cm³/mol. The van der Waals surface area contributed by atoms with Crippen molar-refractivity contribution in [3.05, 3.63) is 71.8 Å². The van der Waals surface area contributed by atoms with E-state index >= 15 is 0 Å². The summed E-state index contributed by atoms with van der Waals surface area (Å²) in [6, 6.07) is 17.5. The molecule has 118 valence electrons. The summed E-state index contributed by atoms with van der Waals surface area (Å²) >= 11 is 6.51. The number of allylic oxidation sites excluding steroid dienone is 1. The summed E-state index contributed by atoms with van der Waals surface area (Å²) < 4.78 is 0. The van der Waals surface area contributed by atoms with Crippen LogP contribution in [0.15, 0.2) is 60.7 Å². The summed E-state index contributed by atoms with van der Waals surface area (Å²) in [6.07, 6.45) is 2.13. The van der Waals surface area contributed by atoms with Crippen molar-refractivity contribution in [2.45, 2.75) is 31.7 Å². The quantitative estimate of drug-likeness (QED) is 0.695. The first-order valence-corrected chi connectivity index (χ1v) is 8.17. The number of carbonyl (C=O) groups excluding carboxylic acids is 1. The van der Waals surface area contributed by atoms with Crippen LogP contribution in [0.5, 0.6) is 0 Å². The molecule has 2 aromatic carbocycles. The van der Waals surface area contributed by atoms with Gasteiger partial charge >= 0.3 is 0 Å². The number of rotatable bonds is 2. The van der Waals surface area contributed by atoms with E-state index in [1.54, 1.807) is 0 Å². The Morgan fingerprint density at radius 2 is 1.65 bits per heavy atom. The van der Waals surface area contributed by atoms with Crippen molar-refractivity contribution in [3.63, 3.8) is 0 Å². The molecule has 3 rings (SSSR count). The SMILES string of the molecule is CC1=CC(C)(C)N(C(=O)C(Cl)c2ccccc2)c2ccccc21. The third kappa shape index (κ3) is 2.79. The highest BCUT2D eigenvalue weighted by molar-refractivity contribution is 6.33. The van der Waals surface area contributed by atoms with Crippen LogP contribution in [0.25, 0.3) is 5.57 Å². The molecule has 23 heavy (non-hydrogen) atoms. The van der Waals surface area contributed by atoms with Gasteiger partial charge in [0, 0.05) is 5.56 Å². The number of hydrogen-bond donors (Lipinski definition) is 0. The van der Waals surface area contributed by atoms with Crippen LogP contribution in [0.2, 0.25) is 0 Å². The lowest BCUT2D eigenvalue weighted by Crippen LogP contribution is -2.50. The topological polar surface area (TPSA) is 20.3 Å². The standard InChI is InChI=1S/C20H20ClNO/c1-14-13-20(2,3)22(17-12-8-7-11-16(14)17)19(23)18(21)15-9-5-4-6-10-15/h4-13,18H,1-3H3. The molecule has 3 heteroatoms. The number of amides is 1. The molecule has 0 N–H and O–H groups in total. The molecule has 1 unspecified atom stereocenters. The average Bonchev–Trinajstić information content (AvgIpc) is 2.54. The fraction of sp³-hybridized carbons (Fsp3) is 0.250. The summed E-state index contributed by atoms with van der Waals surface area (Å²) in [6.45, 7) is 6.16. The first-order chi connectivity index (χ1) is 10.9. The van der Waals surface area contributed by atoms with Crippen LogP contribution in [0.1, 0.15) is 37.3 Å². The van der Waals surface area contributed by atoms with Crippen LogP contribution in [0.4, 0.5) is 5.69 Å². The van der Waals surface area contributed by atoms with E-state index in [1.165, 1.54) is 5.57 Å². The molecular formula is C20H20ClNO. The molecule has 2 nitrogen and oxygen atoms in total. The Hall–Kier alpha value is -2.06. The second kappa shape index (κ2) is 5.86. The third-order valence-electron chi connectivity index (χ3n) is 4.25. The third-order valence-corrected chi connectivity index (χ3v) is 4.68. The molecule has 0 spiro atoms. The highest BCUT2D eigenvalue weighted by Gasteiger charge is 2.38. The molecule has 0 aromatic heterocycles. The maximum Gasteiger partial charge on any atom is 0.250 e. The lowest BCUT2D eigenvalue weighted by molar-refractivity contribution is -0.119. The number of carbonyl (C=O) groups is 1. The van der Waals surface area contributed by atoms with Crippen LogP contribution < -0.4 is 4.90 Å². The number of benzene rings is 2. The maximum absolute atomic E-state index is 13.1. The molecule has 1 heterocycles. The average molecular weight is 326 g/mol. The van der Waals surface area contributed by atoms with Gasteiger partial charge < -0.3 is 4.90 Å². The van der Waals surface area contributed by atoms with E-state index in [1.807, 2.05) is 73.3 Å². The second-order valence-electron chi connectivity index (χ2n) is 6.45. The van der Waals surface area contributed by atoms with E-state index < -0.39 is 10.9 Å². The fourth-order valence-corrected chi connectivity index (χ4v) is 3.51. The van der Waals surface area contributed by atoms with E-state index in [0.717, 1.165) is 16.8 Å². The number of halogens is 1. The highest BCUT2D eigenvalue weighted by atomic mass is 35.5. The molecule has 1 atom stereocenters. The minimum absolute atomic E-state index is 0.0981. The predicted octanol–water partition coefficient (Wildman–Crippen LogP) is 5.20. The van der Waals surface area contributed by atoms with Gasteiger partial charge in [0.25, 0.3) is 0 Å². The van der Waals surface area contributed by atoms with Crippen molar-refractivity contribution >= 4 is 28.8 Å². The first-order valence-electron chi connectivity index (χ1n) is 7.74. The van der Waals surface area contributed by atoms with E-state index in [0.29, 0.717) is 0 Å². The normalized spacial score (nSPS) is 17.2. The van der Waals surface area contributed by atoms with E-state index in [9.17, 15) is 4.79 Å². The molecule has 0 radical (unpaired) electrons. The first kappa shape index (κ1) is 15.8. The van der Waals surface area contributed by atoms with Crippen LogP contribution >= 0.6 is 11.6 Å². The van der Waals surface area contributed by atoms with E-state index in [4.69, 9.17) is 11.6 Å². The molecule has 0 saturated carbocycles. The highest BCUT2D eigenvalue weighted by Crippen LogP contribution is 2.41. The van der Waals surface area contributed by atoms with Gasteiger partial charge in [-0.05, 0) is 38.0 Å². The number of hydrogen-bond acceptors (Lipinski definition) is 1. The van der Waals surface area contributed by atoms with Crippen molar-refractivity contribution in [2.75, 3.05) is 4.90 Å². The molecule has 0 bridgehead atoms. The summed E-state index contributed by atoms with van der Waals surface area (Å²) in [5.41, 5.74) is 3.58. The summed E-state index contributed by atoms with van der Waals surface area (Å²) in [4.78, 5) is 15.0. The number of alkyl halides is 1. The molecule has 1 amide bonds. The van der Waals surface area contributed by atoms with Gasteiger partial charge in [0.1, 0.15) is 5.38 Å². The lowest BCUT2D eigenvalue weighted by Gasteiger charge is -2.42. The Labute approximate surface area is 142 Å². The van der Waals surface area contributed by atoms with Crippen molar-refractivity contribution in [1.82, 2.24) is 0 Å². The molecule has 0 fully saturated rings. The Balaban J connectivity index is 2.06. The van der Waals surface area contributed by atoms with Crippen LogP contribution in [-0.4, -0.2) is 11.4 Å². The minimum Gasteiger partial charge on any atom is -0.301 e. The molecule has 1 aliphatic heterocycles. The Morgan fingerprint density at radius 1 is 1.04 bits per heavy atom. The van der Waals surface area contributed by atoms with Crippen LogP contribution in [0, 0.1) is 0 Å². The van der Waals surface area contributed by atoms with Crippen molar-refractivity contribution in [2.24, 2.45) is 0 Å². The molecular weight excluding hydrogens is 306 g/mol. The number of anilines is 1. The van der Waals surface area contributed by atoms with E-state index in [-0.39, 0.29) is 5.91 Å². The maximum atomic E-state index is 13.1. The number of nitrogens with zero attached hydrogens (tertiary/aromatic N) is 1. The summed E-state index contributed by atoms with van der Waals surface area (Å²) in [5, 5.41) is -0.699. The van der Waals surface area contributed by atoms with Gasteiger partial charge in [0.2, 0.25) is 5.91 Å². The largest absolute Gasteiger partial charge is 0.301 e. The van der Waals surface area contributed by atoms with Crippen LogP contribution in [0.3, 0.4) is 0 Å². The van der Waals surface area contributed by atoms with Gasteiger partial charge in [-0.25, -0.2) is 0 Å². The van der Waals surface area contributed by atoms with Crippen molar-refractivity contribution < 1.29 is 4.79 Å². The van der Waals surface area contributed by atoms with Crippen LogP contribution in [-0.2, 0) is 4.79 Å². The Bertz CT molecular complexity index is 764. The van der Waals surface area contributed by atoms with Gasteiger partial charge in [-0.1, -0.05) is 54.6 Å². The summed E-state index contributed by atoms with van der Waals surface area (Å²) in [5.74, 6) is -0.0981. The van der Waals surface area contributed by atoms with Gasteiger partial charge in [-0.15, -0.1) is 11.6 Å². The summed E-state index contributed by atoms with van der Waals surface area (Å²) in [7, 11) is 0. The zero-order valence-electron chi connectivity index (χ0n) is 13.6. The molecule has 2 aromatic rings. The smallest absolute Gasteiger partial charge is 0.250 e. The fourth-order valence-electron chi connectivity index (χ4n) is 3.27. The van der Waals surface area contributed by atoms with Crippen molar-refractivity contribution in [1.29, 1.82) is 0 Å². The Kier molecular flexibility index (Phi) is 4.03. The molecule has 0 saturated heterocycles. The number of fused-ring (bicyclic) bond motifs is 1. The van der Waals surface area contributed by atoms with Gasteiger partial charge in [0.05, 0.1) is 11.2 Å². The second-order valence-corrected chi connectivity index (χ2v) is 6.88. The Morgan fingerprint density at radius 3 is 2.35 bits per heavy atom. The monoisotopic (exact) mass is 325 g/mol. The zero-order chi connectivity index (χ0) is 16.6. The molecule has 1 aliphatic rings.